The molecule has 1 saturated carbocycles. The molecule has 7 heteroatoms. The van der Waals surface area contributed by atoms with Gasteiger partial charge in [-0.2, -0.15) is 5.10 Å². The van der Waals surface area contributed by atoms with Crippen molar-refractivity contribution in [3.05, 3.63) is 108 Å². The Labute approximate surface area is 232 Å². The van der Waals surface area contributed by atoms with E-state index in [1.807, 2.05) is 31.6 Å². The number of H-pyrrole nitrogens is 2. The van der Waals surface area contributed by atoms with Crippen molar-refractivity contribution >= 4 is 39.1 Å². The average Bonchev–Trinajstić information content (AvgIpc) is 3.33. The van der Waals surface area contributed by atoms with Gasteiger partial charge in [0.25, 0.3) is 0 Å². The number of fused-ring (bicyclic) bond motifs is 1. The number of allylic oxidation sites excluding steroid dienone is 4. The van der Waals surface area contributed by atoms with E-state index < -0.39 is 0 Å². The highest BCUT2D eigenvalue weighted by Crippen LogP contribution is 2.38. The van der Waals surface area contributed by atoms with Crippen LogP contribution >= 0.6 is 11.3 Å². The summed E-state index contributed by atoms with van der Waals surface area (Å²) in [5, 5.41) is 12.2. The summed E-state index contributed by atoms with van der Waals surface area (Å²) in [7, 11) is 0. The highest BCUT2D eigenvalue weighted by Gasteiger charge is 2.24. The fourth-order valence-corrected chi connectivity index (χ4v) is 5.72. The van der Waals surface area contributed by atoms with Crippen LogP contribution < -0.4 is 5.32 Å². The van der Waals surface area contributed by atoms with E-state index in [1.165, 1.54) is 22.6 Å². The van der Waals surface area contributed by atoms with Gasteiger partial charge in [0.15, 0.2) is 0 Å². The average molecular weight is 531 g/mol. The van der Waals surface area contributed by atoms with Crippen LogP contribution in [0.2, 0.25) is 0 Å². The zero-order valence-electron chi connectivity index (χ0n) is 22.1. The number of hydrogen-bond donors (Lipinski definition) is 3. The van der Waals surface area contributed by atoms with E-state index in [0.717, 1.165) is 67.3 Å². The summed E-state index contributed by atoms with van der Waals surface area (Å²) in [6.07, 6.45) is 11.8. The van der Waals surface area contributed by atoms with Crippen LogP contribution in [0.15, 0.2) is 86.5 Å². The van der Waals surface area contributed by atoms with Crippen molar-refractivity contribution in [1.29, 1.82) is 0 Å². The number of rotatable bonds is 9. The Morgan fingerprint density at radius 1 is 1.10 bits per heavy atom. The quantitative estimate of drug-likeness (QED) is 0.167. The summed E-state index contributed by atoms with van der Waals surface area (Å²) in [6.45, 7) is 16.3. The van der Waals surface area contributed by atoms with Gasteiger partial charge in [0.1, 0.15) is 5.69 Å². The van der Waals surface area contributed by atoms with Gasteiger partial charge in [-0.05, 0) is 68.5 Å². The van der Waals surface area contributed by atoms with Gasteiger partial charge in [-0.25, -0.2) is 0 Å². The van der Waals surface area contributed by atoms with Gasteiger partial charge in [-0.15, -0.1) is 11.3 Å². The number of aryl methyl sites for hydroxylation is 1. The first-order valence-electron chi connectivity index (χ1n) is 13.0. The van der Waals surface area contributed by atoms with Crippen molar-refractivity contribution in [2.75, 3.05) is 5.32 Å². The van der Waals surface area contributed by atoms with Gasteiger partial charge in [0, 0.05) is 49.4 Å². The lowest BCUT2D eigenvalue weighted by atomic mass is 10.0. The molecule has 0 unspecified atom stereocenters. The number of nitrogens with zero attached hydrogens (tertiary/aromatic N) is 3. The molecule has 1 fully saturated rings. The maximum Gasteiger partial charge on any atom is 0.116 e. The highest BCUT2D eigenvalue weighted by molar-refractivity contribution is 7.14. The minimum absolute atomic E-state index is 0.570. The molecule has 194 valence electrons. The molecule has 39 heavy (non-hydrogen) atoms. The lowest BCUT2D eigenvalue weighted by Gasteiger charge is -2.09. The van der Waals surface area contributed by atoms with E-state index in [9.17, 15) is 0 Å². The zero-order chi connectivity index (χ0) is 27.1. The molecule has 6 nitrogen and oxygen atoms in total. The molecule has 5 aromatic rings. The smallest absolute Gasteiger partial charge is 0.116 e. The van der Waals surface area contributed by atoms with Crippen molar-refractivity contribution in [3.8, 4) is 22.6 Å². The predicted octanol–water partition coefficient (Wildman–Crippen LogP) is 8.37. The van der Waals surface area contributed by atoms with Gasteiger partial charge in [-0.1, -0.05) is 31.9 Å². The van der Waals surface area contributed by atoms with E-state index >= 15 is 0 Å². The van der Waals surface area contributed by atoms with Crippen LogP contribution in [-0.2, 0) is 0 Å². The van der Waals surface area contributed by atoms with Crippen LogP contribution in [0.5, 0.6) is 0 Å². The minimum atomic E-state index is 0.570. The lowest BCUT2D eigenvalue weighted by molar-refractivity contribution is 1.02. The number of thiophene rings is 1. The van der Waals surface area contributed by atoms with Gasteiger partial charge >= 0.3 is 0 Å². The molecular formula is C32H30N6S. The maximum absolute atomic E-state index is 4.69. The Morgan fingerprint density at radius 3 is 2.67 bits per heavy atom. The molecule has 0 aliphatic heterocycles. The molecular weight excluding hydrogens is 500 g/mol. The van der Waals surface area contributed by atoms with Crippen LogP contribution in [0.25, 0.3) is 44.7 Å². The number of aromatic nitrogens is 5. The Balaban J connectivity index is 1.36. The first-order chi connectivity index (χ1) is 18.9. The van der Waals surface area contributed by atoms with Crippen LogP contribution in [0.4, 0.5) is 5.69 Å². The summed E-state index contributed by atoms with van der Waals surface area (Å²) in [5.41, 5.74) is 10.8. The predicted molar refractivity (Wildman–Crippen MR) is 163 cm³/mol. The Hall–Kier alpha value is -4.49. The molecule has 1 aliphatic carbocycles. The topological polar surface area (TPSA) is 82.3 Å². The summed E-state index contributed by atoms with van der Waals surface area (Å²) in [6, 6.07) is 10.6. The Kier molecular flexibility index (Phi) is 6.37. The number of hydrogen-bond acceptors (Lipinski definition) is 5. The van der Waals surface area contributed by atoms with Crippen LogP contribution in [-0.4, -0.2) is 25.1 Å². The van der Waals surface area contributed by atoms with E-state index in [4.69, 9.17) is 0 Å². The lowest BCUT2D eigenvalue weighted by Crippen LogP contribution is -2.00. The van der Waals surface area contributed by atoms with E-state index in [-0.39, 0.29) is 0 Å². The minimum Gasteiger partial charge on any atom is -0.358 e. The SMILES string of the molecule is C=C/C=C(/c1ccc(C(=C)C)s1)c1cc(-c2n[nH]c3cnc(-c4cncc(NC(=C)C5CC5)c4)cc23)[nH]c1C. The molecule has 5 heterocycles. The molecule has 0 saturated heterocycles. The third-order valence-electron chi connectivity index (χ3n) is 6.99. The fraction of sp³-hybridized carbons (Fsp3) is 0.156. The molecule has 0 aromatic carbocycles. The van der Waals surface area contributed by atoms with Crippen molar-refractivity contribution in [2.45, 2.75) is 26.7 Å². The van der Waals surface area contributed by atoms with Gasteiger partial charge in [0.05, 0.1) is 35.0 Å². The third-order valence-corrected chi connectivity index (χ3v) is 8.27. The van der Waals surface area contributed by atoms with E-state index in [0.29, 0.717) is 5.92 Å². The van der Waals surface area contributed by atoms with E-state index in [1.54, 1.807) is 11.3 Å². The molecule has 3 N–H and O–H groups in total. The molecule has 5 aromatic heterocycles. The van der Waals surface area contributed by atoms with Crippen molar-refractivity contribution in [2.24, 2.45) is 5.92 Å². The van der Waals surface area contributed by atoms with Crippen LogP contribution in [0, 0.1) is 12.8 Å². The first kappa shape index (κ1) is 24.8. The van der Waals surface area contributed by atoms with Crippen LogP contribution in [0.1, 0.15) is 40.8 Å². The second-order valence-electron chi connectivity index (χ2n) is 10.1. The summed E-state index contributed by atoms with van der Waals surface area (Å²) in [4.78, 5) is 15.0. The molecule has 0 radical (unpaired) electrons. The molecule has 0 bridgehead atoms. The number of nitrogens with one attached hydrogen (secondary N) is 3. The van der Waals surface area contributed by atoms with Gasteiger partial charge in [-0.3, -0.25) is 15.1 Å². The summed E-state index contributed by atoms with van der Waals surface area (Å²) < 4.78 is 0. The number of aromatic amines is 2. The van der Waals surface area contributed by atoms with Gasteiger partial charge in [0.2, 0.25) is 0 Å². The second kappa shape index (κ2) is 10.0. The molecule has 1 aliphatic rings. The largest absolute Gasteiger partial charge is 0.358 e. The fourth-order valence-electron chi connectivity index (χ4n) is 4.75. The molecule has 0 amide bonds. The van der Waals surface area contributed by atoms with Crippen molar-refractivity contribution in [1.82, 2.24) is 25.1 Å². The van der Waals surface area contributed by atoms with Crippen molar-refractivity contribution < 1.29 is 0 Å². The molecule has 0 spiro atoms. The zero-order valence-corrected chi connectivity index (χ0v) is 23.0. The van der Waals surface area contributed by atoms with Gasteiger partial charge < -0.3 is 10.3 Å². The normalized spacial score (nSPS) is 13.5. The summed E-state index contributed by atoms with van der Waals surface area (Å²) >= 11 is 1.73. The highest BCUT2D eigenvalue weighted by atomic mass is 32.1. The third kappa shape index (κ3) is 4.89. The van der Waals surface area contributed by atoms with Crippen LogP contribution in [0.3, 0.4) is 0 Å². The number of pyridine rings is 2. The maximum atomic E-state index is 4.69. The first-order valence-corrected chi connectivity index (χ1v) is 13.8. The Bertz CT molecular complexity index is 1780. The summed E-state index contributed by atoms with van der Waals surface area (Å²) in [5.74, 6) is 0.570. The molecule has 0 atom stereocenters. The molecule has 6 rings (SSSR count). The van der Waals surface area contributed by atoms with Crippen molar-refractivity contribution in [3.63, 3.8) is 0 Å². The Morgan fingerprint density at radius 2 is 1.92 bits per heavy atom. The second-order valence-corrected chi connectivity index (χ2v) is 11.1. The number of anilines is 1. The van der Waals surface area contributed by atoms with E-state index in [2.05, 4.69) is 93.5 Å². The standard InChI is InChI=1S/C32H30N6S/c1-6-7-24(31-11-10-30(39-31)18(2)3)25-13-28(36-20(25)5)32-26-14-27(34-17-29(26)37-38-32)22-12-23(16-33-15-22)35-19(4)21-8-9-21/h6-7,10-17,21,35-36H,1-2,4,8-9H2,3,5H3,(H,37,38)/b24-7+. The monoisotopic (exact) mass is 530 g/mol.